The van der Waals surface area contributed by atoms with E-state index in [4.69, 9.17) is 9.15 Å². The molecule has 0 bridgehead atoms. The zero-order valence-electron chi connectivity index (χ0n) is 13.0. The molecule has 4 rings (SSSR count). The Morgan fingerprint density at radius 3 is 3.04 bits per heavy atom. The van der Waals surface area contributed by atoms with Crippen LogP contribution in [-0.4, -0.2) is 32.6 Å². The first-order valence-electron chi connectivity index (χ1n) is 7.92. The highest BCUT2D eigenvalue weighted by atomic mass is 16.5. The number of hydrogen-bond acceptors (Lipinski definition) is 6. The fourth-order valence-electron chi connectivity index (χ4n) is 3.14. The minimum atomic E-state index is -0.713. The first kappa shape index (κ1) is 14.9. The normalized spacial score (nSPS) is 14.7. The van der Waals surface area contributed by atoms with Gasteiger partial charge in [0.25, 0.3) is 0 Å². The van der Waals surface area contributed by atoms with Gasteiger partial charge in [0.05, 0.1) is 6.54 Å². The monoisotopic (exact) mass is 327 g/mol. The Balaban J connectivity index is 1.51. The Morgan fingerprint density at radius 1 is 1.33 bits per heavy atom. The fourth-order valence-corrected chi connectivity index (χ4v) is 3.14. The quantitative estimate of drug-likeness (QED) is 0.711. The molecule has 0 radical (unpaired) electrons. The van der Waals surface area contributed by atoms with Gasteiger partial charge >= 0.3 is 5.63 Å². The predicted octanol–water partition coefficient (Wildman–Crippen LogP) is 1.31. The van der Waals surface area contributed by atoms with Gasteiger partial charge in [-0.3, -0.25) is 4.68 Å². The van der Waals surface area contributed by atoms with E-state index in [1.54, 1.807) is 6.07 Å². The summed E-state index contributed by atoms with van der Waals surface area (Å²) in [5.74, 6) is 0.557. The largest absolute Gasteiger partial charge is 0.491 e. The summed E-state index contributed by atoms with van der Waals surface area (Å²) in [6, 6.07) is 5.46. The molecule has 2 heterocycles. The first-order valence-corrected chi connectivity index (χ1v) is 7.92. The molecule has 1 aromatic carbocycles. The third-order valence-electron chi connectivity index (χ3n) is 4.25. The van der Waals surface area contributed by atoms with Crippen molar-refractivity contribution in [3.63, 3.8) is 0 Å². The second-order valence-corrected chi connectivity index (χ2v) is 5.94. The van der Waals surface area contributed by atoms with Gasteiger partial charge in [0.15, 0.2) is 0 Å². The lowest BCUT2D eigenvalue weighted by Gasteiger charge is -2.13. The standard InChI is InChI=1S/C17H17N3O4/c21-11(7-20-10-18-9-19-20)8-23-12-4-5-14-13-2-1-3-15(13)17(22)24-16(14)6-12/h4-6,9-11,21H,1-3,7-8H2. The van der Waals surface area contributed by atoms with E-state index in [1.807, 2.05) is 12.1 Å². The van der Waals surface area contributed by atoms with Gasteiger partial charge in [0.2, 0.25) is 0 Å². The van der Waals surface area contributed by atoms with Crippen LogP contribution >= 0.6 is 0 Å². The van der Waals surface area contributed by atoms with E-state index in [0.717, 1.165) is 35.8 Å². The van der Waals surface area contributed by atoms with Crippen LogP contribution in [0.25, 0.3) is 11.0 Å². The zero-order valence-corrected chi connectivity index (χ0v) is 13.0. The van der Waals surface area contributed by atoms with Crippen LogP contribution in [0.5, 0.6) is 5.75 Å². The Morgan fingerprint density at radius 2 is 2.21 bits per heavy atom. The van der Waals surface area contributed by atoms with Crippen molar-refractivity contribution in [3.05, 3.63) is 52.4 Å². The highest BCUT2D eigenvalue weighted by Gasteiger charge is 2.19. The lowest BCUT2D eigenvalue weighted by atomic mass is 10.1. The molecule has 24 heavy (non-hydrogen) atoms. The number of aromatic nitrogens is 3. The molecule has 1 aliphatic carbocycles. The Bertz CT molecular complexity index is 917. The third kappa shape index (κ3) is 2.78. The summed E-state index contributed by atoms with van der Waals surface area (Å²) in [7, 11) is 0. The van der Waals surface area contributed by atoms with Crippen molar-refractivity contribution in [3.8, 4) is 5.75 Å². The molecule has 2 aromatic heterocycles. The highest BCUT2D eigenvalue weighted by Crippen LogP contribution is 2.29. The molecule has 7 heteroatoms. The van der Waals surface area contributed by atoms with Crippen molar-refractivity contribution < 1.29 is 14.3 Å². The molecule has 0 saturated heterocycles. The molecule has 0 saturated carbocycles. The number of fused-ring (bicyclic) bond motifs is 3. The smallest absolute Gasteiger partial charge is 0.339 e. The number of aliphatic hydroxyl groups is 1. The summed E-state index contributed by atoms with van der Waals surface area (Å²) in [6.07, 6.45) is 4.93. The Hall–Kier alpha value is -2.67. The van der Waals surface area contributed by atoms with Crippen molar-refractivity contribution in [2.24, 2.45) is 0 Å². The Kier molecular flexibility index (Phi) is 3.78. The van der Waals surface area contributed by atoms with Gasteiger partial charge in [-0.05, 0) is 37.0 Å². The van der Waals surface area contributed by atoms with Crippen LogP contribution in [0.2, 0.25) is 0 Å². The van der Waals surface area contributed by atoms with Gasteiger partial charge in [-0.2, -0.15) is 5.10 Å². The number of nitrogens with zero attached hydrogens (tertiary/aromatic N) is 3. The van der Waals surface area contributed by atoms with E-state index in [0.29, 0.717) is 17.9 Å². The fraction of sp³-hybridized carbons (Fsp3) is 0.353. The maximum atomic E-state index is 12.0. The molecule has 3 aromatic rings. The minimum Gasteiger partial charge on any atom is -0.491 e. The zero-order chi connectivity index (χ0) is 16.5. The van der Waals surface area contributed by atoms with Crippen LogP contribution < -0.4 is 10.4 Å². The van der Waals surface area contributed by atoms with E-state index in [-0.39, 0.29) is 12.2 Å². The molecule has 0 aliphatic heterocycles. The molecular weight excluding hydrogens is 310 g/mol. The van der Waals surface area contributed by atoms with Gasteiger partial charge in [-0.25, -0.2) is 9.78 Å². The lowest BCUT2D eigenvalue weighted by molar-refractivity contribution is 0.0892. The highest BCUT2D eigenvalue weighted by molar-refractivity contribution is 5.83. The summed E-state index contributed by atoms with van der Waals surface area (Å²) >= 11 is 0. The molecule has 0 fully saturated rings. The SMILES string of the molecule is O=c1oc2cc(OCC(O)Cn3cncn3)ccc2c2c1CCC2. The van der Waals surface area contributed by atoms with Crippen LogP contribution in [0.15, 0.2) is 40.1 Å². The van der Waals surface area contributed by atoms with Crippen LogP contribution in [0.3, 0.4) is 0 Å². The second-order valence-electron chi connectivity index (χ2n) is 5.94. The number of aryl methyl sites for hydroxylation is 1. The van der Waals surface area contributed by atoms with Gasteiger partial charge in [-0.1, -0.05) is 0 Å². The second kappa shape index (κ2) is 6.09. The Labute approximate surface area is 137 Å². The number of hydrogen-bond donors (Lipinski definition) is 1. The molecule has 1 N–H and O–H groups in total. The van der Waals surface area contributed by atoms with Crippen molar-refractivity contribution in [2.75, 3.05) is 6.61 Å². The number of ether oxygens (including phenoxy) is 1. The third-order valence-corrected chi connectivity index (χ3v) is 4.25. The van der Waals surface area contributed by atoms with Crippen molar-refractivity contribution >= 4 is 11.0 Å². The summed E-state index contributed by atoms with van der Waals surface area (Å²) in [4.78, 5) is 15.8. The summed E-state index contributed by atoms with van der Waals surface area (Å²) in [6.45, 7) is 0.413. The first-order chi connectivity index (χ1) is 11.7. The molecule has 1 atom stereocenters. The van der Waals surface area contributed by atoms with E-state index >= 15 is 0 Å². The molecule has 1 aliphatic rings. The molecule has 1 unspecified atom stereocenters. The number of aliphatic hydroxyl groups excluding tert-OH is 1. The average Bonchev–Trinajstić information content (AvgIpc) is 3.24. The summed E-state index contributed by atoms with van der Waals surface area (Å²) in [5, 5.41) is 14.9. The van der Waals surface area contributed by atoms with Crippen molar-refractivity contribution in [1.29, 1.82) is 0 Å². The van der Waals surface area contributed by atoms with E-state index < -0.39 is 6.10 Å². The molecular formula is C17H17N3O4. The van der Waals surface area contributed by atoms with E-state index in [2.05, 4.69) is 10.1 Å². The maximum absolute atomic E-state index is 12.0. The van der Waals surface area contributed by atoms with Crippen LogP contribution in [-0.2, 0) is 19.4 Å². The minimum absolute atomic E-state index is 0.112. The van der Waals surface area contributed by atoms with Crippen molar-refractivity contribution in [2.45, 2.75) is 31.9 Å². The van der Waals surface area contributed by atoms with Gasteiger partial charge in [0, 0.05) is 17.0 Å². The molecule has 7 nitrogen and oxygen atoms in total. The molecule has 124 valence electrons. The summed E-state index contributed by atoms with van der Waals surface area (Å²) < 4.78 is 12.6. The molecule has 0 spiro atoms. The van der Waals surface area contributed by atoms with Crippen LogP contribution in [0.1, 0.15) is 17.5 Å². The van der Waals surface area contributed by atoms with Crippen LogP contribution in [0, 0.1) is 0 Å². The maximum Gasteiger partial charge on any atom is 0.339 e. The number of rotatable bonds is 5. The van der Waals surface area contributed by atoms with Gasteiger partial charge in [0.1, 0.15) is 36.7 Å². The van der Waals surface area contributed by atoms with Crippen molar-refractivity contribution in [1.82, 2.24) is 14.8 Å². The van der Waals surface area contributed by atoms with Gasteiger partial charge < -0.3 is 14.3 Å². The lowest BCUT2D eigenvalue weighted by Crippen LogP contribution is -2.23. The van der Waals surface area contributed by atoms with E-state index in [1.165, 1.54) is 17.3 Å². The van der Waals surface area contributed by atoms with E-state index in [9.17, 15) is 9.90 Å². The van der Waals surface area contributed by atoms with Crippen LogP contribution in [0.4, 0.5) is 0 Å². The average molecular weight is 327 g/mol. The molecule has 0 amide bonds. The topological polar surface area (TPSA) is 90.4 Å². The summed E-state index contributed by atoms with van der Waals surface area (Å²) in [5.41, 5.74) is 2.18. The predicted molar refractivity (Wildman–Crippen MR) is 86.0 cm³/mol. The number of benzene rings is 1. The van der Waals surface area contributed by atoms with Gasteiger partial charge in [-0.15, -0.1) is 0 Å².